The van der Waals surface area contributed by atoms with E-state index in [1.165, 1.54) is 61.9 Å². The Labute approximate surface area is 261 Å². The van der Waals surface area contributed by atoms with Crippen molar-refractivity contribution in [2.24, 2.45) is 0 Å². The molecule has 0 aliphatic rings. The molecule has 0 atom stereocenters. The zero-order chi connectivity index (χ0) is 25.9. The Balaban J connectivity index is 1.13. The first-order valence-electron chi connectivity index (χ1n) is 13.0. The first-order chi connectivity index (χ1) is 19.8. The molecule has 0 unspecified atom stereocenters. The minimum atomic E-state index is 0.386. The van der Waals surface area contributed by atoms with Crippen LogP contribution in [0.2, 0.25) is 0 Å². The third kappa shape index (κ3) is 3.42. The van der Waals surface area contributed by atoms with Crippen LogP contribution in [0.25, 0.3) is 88.2 Å². The van der Waals surface area contributed by atoms with Crippen molar-refractivity contribution < 1.29 is 0 Å². The fourth-order valence-corrected chi connectivity index (χ4v) is 18.9. The fourth-order valence-electron chi connectivity index (χ4n) is 5.91. The summed E-state index contributed by atoms with van der Waals surface area (Å²) in [5, 5.41) is 11.7. The number of thiophene rings is 2. The van der Waals surface area contributed by atoms with Crippen molar-refractivity contribution in [3.05, 3.63) is 94.8 Å². The maximum absolute atomic E-state index is 2.54. The molecule has 0 fully saturated rings. The van der Waals surface area contributed by atoms with E-state index in [2.05, 4.69) is 94.8 Å². The third-order valence-corrected chi connectivity index (χ3v) is 20.7. The van der Waals surface area contributed by atoms with E-state index in [1.54, 1.807) is 26.3 Å². The van der Waals surface area contributed by atoms with Crippen LogP contribution in [-0.4, -0.2) is 58.0 Å². The molecule has 188 valence electrons. The van der Waals surface area contributed by atoms with Gasteiger partial charge in [0.1, 0.15) is 0 Å². The molecule has 0 N–H and O–H groups in total. The standard InChI is InChI=1S/C34H16S2Se4/c1-3-7-21-17(5-1)15-37-33(21)29-11-19-9-25-23(13-27(19)39-29)31-32(35-25)24-14-28-20(10-26(24)36-31)12-30(40-28)34-22-8-4-2-6-18(22)16-38-34/h1-16H. The van der Waals surface area contributed by atoms with Crippen molar-refractivity contribution in [2.45, 2.75) is 0 Å². The fraction of sp³-hybridized carbons (Fsp3) is 0. The van der Waals surface area contributed by atoms with Gasteiger partial charge in [0.25, 0.3) is 0 Å². The molecule has 6 heterocycles. The van der Waals surface area contributed by atoms with Crippen LogP contribution in [0.1, 0.15) is 0 Å². The predicted molar refractivity (Wildman–Crippen MR) is 183 cm³/mol. The Morgan fingerprint density at radius 1 is 0.450 bits per heavy atom. The summed E-state index contributed by atoms with van der Waals surface area (Å²) < 4.78 is 15.4. The van der Waals surface area contributed by atoms with Crippen LogP contribution in [0.4, 0.5) is 0 Å². The topological polar surface area (TPSA) is 0 Å². The summed E-state index contributed by atoms with van der Waals surface area (Å²) in [6, 6.07) is 33.0. The second-order valence-electron chi connectivity index (χ2n) is 10.2. The van der Waals surface area contributed by atoms with E-state index in [-0.39, 0.29) is 0 Å². The van der Waals surface area contributed by atoms with Gasteiger partial charge in [-0.1, -0.05) is 0 Å². The predicted octanol–water partition coefficient (Wildman–Crippen LogP) is 9.44. The van der Waals surface area contributed by atoms with E-state index in [4.69, 9.17) is 0 Å². The minimum absolute atomic E-state index is 0.386. The summed E-state index contributed by atoms with van der Waals surface area (Å²) in [7, 11) is 0. The van der Waals surface area contributed by atoms with E-state index in [0.717, 1.165) is 0 Å². The molecule has 0 nitrogen and oxygen atoms in total. The van der Waals surface area contributed by atoms with Crippen molar-refractivity contribution in [3.8, 4) is 17.7 Å². The number of hydrogen-bond donors (Lipinski definition) is 0. The van der Waals surface area contributed by atoms with Crippen molar-refractivity contribution in [1.29, 1.82) is 0 Å². The molecule has 0 saturated carbocycles. The summed E-state index contributed by atoms with van der Waals surface area (Å²) in [5.74, 6) is 0. The Hall–Kier alpha value is -1.90. The van der Waals surface area contributed by atoms with Gasteiger partial charge < -0.3 is 0 Å². The summed E-state index contributed by atoms with van der Waals surface area (Å²) >= 11 is 5.69. The van der Waals surface area contributed by atoms with Crippen LogP contribution >= 0.6 is 22.7 Å². The van der Waals surface area contributed by atoms with Crippen LogP contribution in [0.5, 0.6) is 0 Å². The molecule has 0 spiro atoms. The molecular formula is C34H16S2Se4. The van der Waals surface area contributed by atoms with E-state index < -0.39 is 0 Å². The van der Waals surface area contributed by atoms with Gasteiger partial charge >= 0.3 is 264 Å². The molecule has 0 amide bonds. The summed E-state index contributed by atoms with van der Waals surface area (Å²) in [4.78, 5) is 4.91. The number of rotatable bonds is 2. The van der Waals surface area contributed by atoms with Gasteiger partial charge in [-0.15, -0.1) is 0 Å². The van der Waals surface area contributed by atoms with Gasteiger partial charge in [-0.2, -0.15) is 0 Å². The molecule has 40 heavy (non-hydrogen) atoms. The zero-order valence-electron chi connectivity index (χ0n) is 20.7. The van der Waals surface area contributed by atoms with Crippen LogP contribution < -0.4 is 0 Å². The van der Waals surface area contributed by atoms with E-state index in [0.29, 0.717) is 58.0 Å². The van der Waals surface area contributed by atoms with Crippen molar-refractivity contribution in [3.63, 3.8) is 0 Å². The summed E-state index contributed by atoms with van der Waals surface area (Å²) in [6.07, 6.45) is 0. The van der Waals surface area contributed by atoms with Crippen molar-refractivity contribution in [1.82, 2.24) is 0 Å². The van der Waals surface area contributed by atoms with Gasteiger partial charge in [-0.25, -0.2) is 0 Å². The molecule has 0 bridgehead atoms. The second-order valence-corrected chi connectivity index (χ2v) is 20.5. The number of fused-ring (bicyclic) bond motifs is 9. The first-order valence-corrected chi connectivity index (χ1v) is 21.7. The van der Waals surface area contributed by atoms with Gasteiger partial charge in [0.2, 0.25) is 0 Å². The third-order valence-electron chi connectivity index (χ3n) is 7.82. The molecule has 10 rings (SSSR count). The summed E-state index contributed by atoms with van der Waals surface area (Å²) in [6.45, 7) is 0. The maximum atomic E-state index is 2.54. The van der Waals surface area contributed by atoms with Gasteiger partial charge in [0.15, 0.2) is 0 Å². The molecule has 0 aliphatic carbocycles. The molecule has 0 radical (unpaired) electrons. The van der Waals surface area contributed by atoms with Crippen LogP contribution in [0.15, 0.2) is 94.8 Å². The summed E-state index contributed by atoms with van der Waals surface area (Å²) in [5.41, 5.74) is 0. The van der Waals surface area contributed by atoms with E-state index in [9.17, 15) is 0 Å². The molecule has 6 aromatic heterocycles. The van der Waals surface area contributed by atoms with Crippen LogP contribution in [0.3, 0.4) is 0 Å². The Morgan fingerprint density at radius 2 is 0.925 bits per heavy atom. The molecule has 6 heteroatoms. The molecule has 0 aliphatic heterocycles. The Bertz CT molecular complexity index is 2430. The Morgan fingerprint density at radius 3 is 1.43 bits per heavy atom. The Kier molecular flexibility index (Phi) is 5.20. The average Bonchev–Trinajstić information content (AvgIpc) is 3.80. The van der Waals surface area contributed by atoms with E-state index >= 15 is 0 Å². The first kappa shape index (κ1) is 23.6. The van der Waals surface area contributed by atoms with Crippen LogP contribution in [0, 0.1) is 0 Å². The van der Waals surface area contributed by atoms with Crippen molar-refractivity contribution >= 4 is 151 Å². The van der Waals surface area contributed by atoms with Gasteiger partial charge in [0, 0.05) is 0 Å². The molecule has 10 aromatic rings. The quantitative estimate of drug-likeness (QED) is 0.153. The molecule has 4 aromatic carbocycles. The molecule has 0 saturated heterocycles. The normalized spacial score (nSPS) is 12.5. The second kappa shape index (κ2) is 8.80. The molecular weight excluding hydrogens is 788 g/mol. The SMILES string of the molecule is c1ccc2c(-c3cc4cc5sc6c7cc8[se]c(-c9[se]cc%10ccccc9%10)cc8cc7sc6c5cc4[se]3)[se]cc2c1. The number of benzene rings is 4. The van der Waals surface area contributed by atoms with E-state index in [1.807, 2.05) is 22.7 Å². The van der Waals surface area contributed by atoms with Gasteiger partial charge in [0.05, 0.1) is 0 Å². The zero-order valence-corrected chi connectivity index (χ0v) is 29.2. The van der Waals surface area contributed by atoms with Crippen molar-refractivity contribution in [2.75, 3.05) is 0 Å². The van der Waals surface area contributed by atoms with Gasteiger partial charge in [-0.05, 0) is 0 Å². The monoisotopic (exact) mass is 808 g/mol. The average molecular weight is 804 g/mol. The van der Waals surface area contributed by atoms with Crippen LogP contribution in [-0.2, 0) is 0 Å². The number of hydrogen-bond acceptors (Lipinski definition) is 2. The van der Waals surface area contributed by atoms with Gasteiger partial charge in [-0.3, -0.25) is 0 Å².